The third kappa shape index (κ3) is 3.19. The van der Waals surface area contributed by atoms with Crippen LogP contribution in [-0.2, 0) is 18.3 Å². The molecule has 2 heterocycles. The molecule has 1 atom stereocenters. The van der Waals surface area contributed by atoms with Crippen LogP contribution in [0.3, 0.4) is 0 Å². The normalized spacial score (nSPS) is 12.3. The molecule has 0 bridgehead atoms. The van der Waals surface area contributed by atoms with Crippen LogP contribution < -0.4 is 4.74 Å². The summed E-state index contributed by atoms with van der Waals surface area (Å²) in [4.78, 5) is 4.52. The number of hydrogen-bond donors (Lipinski definition) is 0. The first-order valence-electron chi connectivity index (χ1n) is 7.83. The summed E-state index contributed by atoms with van der Waals surface area (Å²) in [7, 11) is 5.30. The Morgan fingerprint density at radius 1 is 1.21 bits per heavy atom. The fraction of sp³-hybridized carbons (Fsp3) is 0.333. The predicted octanol–water partition coefficient (Wildman–Crippen LogP) is 2.99. The van der Waals surface area contributed by atoms with Gasteiger partial charge in [-0.05, 0) is 25.1 Å². The summed E-state index contributed by atoms with van der Waals surface area (Å²) in [6.45, 7) is 2.79. The fourth-order valence-electron chi connectivity index (χ4n) is 2.70. The topological polar surface area (TPSA) is 54.1 Å². The van der Waals surface area contributed by atoms with Crippen molar-refractivity contribution in [3.63, 3.8) is 0 Å². The molecule has 0 aliphatic heterocycles. The lowest BCUT2D eigenvalue weighted by Gasteiger charge is -2.14. The first-order valence-corrected chi connectivity index (χ1v) is 7.83. The lowest BCUT2D eigenvalue weighted by Crippen LogP contribution is -2.14. The number of benzene rings is 1. The Morgan fingerprint density at radius 2 is 2.04 bits per heavy atom. The largest absolute Gasteiger partial charge is 0.496 e. The van der Waals surface area contributed by atoms with Crippen molar-refractivity contribution in [2.45, 2.75) is 19.6 Å². The maximum atomic E-state index is 5.51. The Hall–Kier alpha value is -2.60. The molecule has 0 aliphatic rings. The molecule has 3 aromatic rings. The number of nitrogens with zero attached hydrogens (tertiary/aromatic N) is 4. The summed E-state index contributed by atoms with van der Waals surface area (Å²) >= 11 is 0. The molecule has 2 aromatic heterocycles. The molecule has 1 aromatic carbocycles. The van der Waals surface area contributed by atoms with E-state index in [9.17, 15) is 0 Å². The van der Waals surface area contributed by atoms with Crippen LogP contribution in [0.2, 0.25) is 0 Å². The summed E-state index contributed by atoms with van der Waals surface area (Å²) in [6.07, 6.45) is 7.71. The van der Waals surface area contributed by atoms with Gasteiger partial charge in [0, 0.05) is 49.4 Å². The standard InChI is InChI=1S/C18H22N4O2/c1-13(23-3)11-22-8-7-19-18(22)14-5-6-17(24-4)16(9-14)15-10-20-21(2)12-15/h5-10,12-13H,11H2,1-4H3. The van der Waals surface area contributed by atoms with Gasteiger partial charge in [-0.15, -0.1) is 0 Å². The van der Waals surface area contributed by atoms with Gasteiger partial charge >= 0.3 is 0 Å². The minimum absolute atomic E-state index is 0.119. The van der Waals surface area contributed by atoms with Crippen LogP contribution in [0, 0.1) is 0 Å². The third-order valence-electron chi connectivity index (χ3n) is 4.05. The molecule has 0 amide bonds. The van der Waals surface area contributed by atoms with Crippen LogP contribution in [0.4, 0.5) is 0 Å². The van der Waals surface area contributed by atoms with E-state index >= 15 is 0 Å². The number of aryl methyl sites for hydroxylation is 1. The second kappa shape index (κ2) is 6.88. The van der Waals surface area contributed by atoms with Crippen molar-refractivity contribution in [2.24, 2.45) is 7.05 Å². The molecule has 6 nitrogen and oxygen atoms in total. The van der Waals surface area contributed by atoms with Crippen molar-refractivity contribution in [2.75, 3.05) is 14.2 Å². The van der Waals surface area contributed by atoms with Gasteiger partial charge in [-0.2, -0.15) is 5.10 Å². The van der Waals surface area contributed by atoms with E-state index in [0.717, 1.165) is 34.8 Å². The van der Waals surface area contributed by atoms with Crippen LogP contribution in [-0.4, -0.2) is 39.7 Å². The predicted molar refractivity (Wildman–Crippen MR) is 92.9 cm³/mol. The monoisotopic (exact) mass is 326 g/mol. The molecule has 1 unspecified atom stereocenters. The van der Waals surface area contributed by atoms with Gasteiger partial charge in [0.1, 0.15) is 11.6 Å². The van der Waals surface area contributed by atoms with E-state index in [2.05, 4.69) is 20.7 Å². The highest BCUT2D eigenvalue weighted by Gasteiger charge is 2.13. The quantitative estimate of drug-likeness (QED) is 0.699. The van der Waals surface area contributed by atoms with E-state index in [-0.39, 0.29) is 6.10 Å². The first kappa shape index (κ1) is 16.3. The number of methoxy groups -OCH3 is 2. The van der Waals surface area contributed by atoms with Gasteiger partial charge in [0.25, 0.3) is 0 Å². The maximum absolute atomic E-state index is 5.51. The zero-order valence-electron chi connectivity index (χ0n) is 14.4. The van der Waals surface area contributed by atoms with Gasteiger partial charge < -0.3 is 14.0 Å². The first-order chi connectivity index (χ1) is 11.6. The molecule has 0 N–H and O–H groups in total. The van der Waals surface area contributed by atoms with Gasteiger partial charge in [0.2, 0.25) is 0 Å². The van der Waals surface area contributed by atoms with Crippen LogP contribution in [0.1, 0.15) is 6.92 Å². The van der Waals surface area contributed by atoms with Crippen LogP contribution in [0.15, 0.2) is 43.0 Å². The second-order valence-electron chi connectivity index (χ2n) is 5.77. The molecule has 24 heavy (non-hydrogen) atoms. The highest BCUT2D eigenvalue weighted by molar-refractivity contribution is 5.75. The number of imidazole rings is 1. The van der Waals surface area contributed by atoms with E-state index in [1.54, 1.807) is 18.9 Å². The molecule has 126 valence electrons. The molecule has 0 fully saturated rings. The van der Waals surface area contributed by atoms with E-state index in [1.165, 1.54) is 0 Å². The maximum Gasteiger partial charge on any atom is 0.139 e. The van der Waals surface area contributed by atoms with Gasteiger partial charge in [-0.25, -0.2) is 4.98 Å². The number of ether oxygens (including phenoxy) is 2. The van der Waals surface area contributed by atoms with Crippen molar-refractivity contribution in [3.05, 3.63) is 43.0 Å². The zero-order valence-corrected chi connectivity index (χ0v) is 14.4. The molecule has 0 spiro atoms. The van der Waals surface area contributed by atoms with E-state index < -0.39 is 0 Å². The van der Waals surface area contributed by atoms with Crippen molar-refractivity contribution in [1.82, 2.24) is 19.3 Å². The van der Waals surface area contributed by atoms with Crippen molar-refractivity contribution in [1.29, 1.82) is 0 Å². The van der Waals surface area contributed by atoms with Crippen molar-refractivity contribution >= 4 is 0 Å². The van der Waals surface area contributed by atoms with Gasteiger partial charge in [0.15, 0.2) is 0 Å². The summed E-state index contributed by atoms with van der Waals surface area (Å²) in [6, 6.07) is 6.08. The van der Waals surface area contributed by atoms with Crippen molar-refractivity contribution in [3.8, 4) is 28.3 Å². The smallest absolute Gasteiger partial charge is 0.139 e. The van der Waals surface area contributed by atoms with Crippen molar-refractivity contribution < 1.29 is 9.47 Å². The Morgan fingerprint density at radius 3 is 2.71 bits per heavy atom. The number of hydrogen-bond acceptors (Lipinski definition) is 4. The number of rotatable bonds is 6. The highest BCUT2D eigenvalue weighted by Crippen LogP contribution is 2.33. The molecular formula is C18H22N4O2. The van der Waals surface area contributed by atoms with Crippen LogP contribution in [0.5, 0.6) is 5.75 Å². The Labute approximate surface area is 141 Å². The van der Waals surface area contributed by atoms with Crippen LogP contribution in [0.25, 0.3) is 22.5 Å². The van der Waals surface area contributed by atoms with Crippen LogP contribution >= 0.6 is 0 Å². The van der Waals surface area contributed by atoms with Gasteiger partial charge in [0.05, 0.1) is 26.0 Å². The van der Waals surface area contributed by atoms with E-state index in [4.69, 9.17) is 9.47 Å². The van der Waals surface area contributed by atoms with Gasteiger partial charge in [-0.3, -0.25) is 4.68 Å². The second-order valence-corrected chi connectivity index (χ2v) is 5.77. The minimum atomic E-state index is 0.119. The molecule has 6 heteroatoms. The zero-order chi connectivity index (χ0) is 17.1. The van der Waals surface area contributed by atoms with Gasteiger partial charge in [-0.1, -0.05) is 0 Å². The lowest BCUT2D eigenvalue weighted by molar-refractivity contribution is 0.103. The Bertz CT molecular complexity index is 822. The van der Waals surface area contributed by atoms with E-state index in [0.29, 0.717) is 0 Å². The highest BCUT2D eigenvalue weighted by atomic mass is 16.5. The molecule has 0 saturated heterocycles. The summed E-state index contributed by atoms with van der Waals surface area (Å²) < 4.78 is 14.8. The SMILES string of the molecule is COc1ccc(-c2nccn2CC(C)OC)cc1-c1cnn(C)c1. The summed E-state index contributed by atoms with van der Waals surface area (Å²) in [5, 5.41) is 4.25. The molecule has 0 saturated carbocycles. The average Bonchev–Trinajstić information content (AvgIpc) is 3.23. The lowest BCUT2D eigenvalue weighted by atomic mass is 10.0. The fourth-order valence-corrected chi connectivity index (χ4v) is 2.70. The molecule has 3 rings (SSSR count). The Balaban J connectivity index is 2.03. The average molecular weight is 326 g/mol. The molecular weight excluding hydrogens is 304 g/mol. The summed E-state index contributed by atoms with van der Waals surface area (Å²) in [5.41, 5.74) is 3.04. The Kier molecular flexibility index (Phi) is 4.66. The van der Waals surface area contributed by atoms with E-state index in [1.807, 2.05) is 50.9 Å². The summed E-state index contributed by atoms with van der Waals surface area (Å²) in [5.74, 6) is 1.72. The number of aromatic nitrogens is 4. The molecule has 0 radical (unpaired) electrons. The minimum Gasteiger partial charge on any atom is -0.496 e. The molecule has 0 aliphatic carbocycles. The third-order valence-corrected chi connectivity index (χ3v) is 4.05.